The van der Waals surface area contributed by atoms with E-state index in [1.165, 1.54) is 0 Å². The van der Waals surface area contributed by atoms with E-state index in [4.69, 9.17) is 4.74 Å². The number of ether oxygens (including phenoxy) is 1. The minimum Gasteiger partial charge on any atom is -0.479 e. The molecule has 0 radical (unpaired) electrons. The first-order valence-electron chi connectivity index (χ1n) is 7.02. The highest BCUT2D eigenvalue weighted by molar-refractivity contribution is 6.05. The van der Waals surface area contributed by atoms with Crippen molar-refractivity contribution in [2.24, 2.45) is 0 Å². The predicted molar refractivity (Wildman–Crippen MR) is 84.3 cm³/mol. The molecule has 112 valence electrons. The van der Waals surface area contributed by atoms with Gasteiger partial charge in [0, 0.05) is 11.3 Å². The highest BCUT2D eigenvalue weighted by atomic mass is 16.5. The van der Waals surface area contributed by atoms with Crippen LogP contribution in [0.1, 0.15) is 22.8 Å². The summed E-state index contributed by atoms with van der Waals surface area (Å²) in [5, 5.41) is 5.57. The summed E-state index contributed by atoms with van der Waals surface area (Å²) in [5.74, 6) is 0.0906. The molecule has 1 aliphatic rings. The molecule has 1 atom stereocenters. The molecule has 0 fully saturated rings. The predicted octanol–water partition coefficient (Wildman–Crippen LogP) is 2.97. The number of rotatable bonds is 2. The van der Waals surface area contributed by atoms with Crippen LogP contribution >= 0.6 is 0 Å². The Hall–Kier alpha value is -2.82. The number of hydrogen-bond donors (Lipinski definition) is 2. The number of anilines is 2. The van der Waals surface area contributed by atoms with Gasteiger partial charge in [0.25, 0.3) is 11.8 Å². The van der Waals surface area contributed by atoms with Gasteiger partial charge >= 0.3 is 0 Å². The van der Waals surface area contributed by atoms with Crippen molar-refractivity contribution < 1.29 is 14.3 Å². The molecule has 2 amide bonds. The minimum atomic E-state index is -0.567. The number of carbonyl (C=O) groups is 2. The lowest BCUT2D eigenvalue weighted by Crippen LogP contribution is -2.34. The topological polar surface area (TPSA) is 67.4 Å². The second-order valence-electron chi connectivity index (χ2n) is 5.28. The summed E-state index contributed by atoms with van der Waals surface area (Å²) < 4.78 is 5.51. The van der Waals surface area contributed by atoms with E-state index < -0.39 is 6.10 Å². The second-order valence-corrected chi connectivity index (χ2v) is 5.28. The van der Waals surface area contributed by atoms with Crippen LogP contribution < -0.4 is 15.4 Å². The van der Waals surface area contributed by atoms with Crippen molar-refractivity contribution in [1.29, 1.82) is 0 Å². The molecule has 3 rings (SSSR count). The number of carbonyl (C=O) groups excluding carboxylic acids is 2. The van der Waals surface area contributed by atoms with Crippen molar-refractivity contribution in [2.45, 2.75) is 20.0 Å². The van der Waals surface area contributed by atoms with Gasteiger partial charge in [0.1, 0.15) is 5.75 Å². The molecule has 22 heavy (non-hydrogen) atoms. The zero-order valence-corrected chi connectivity index (χ0v) is 12.3. The summed E-state index contributed by atoms with van der Waals surface area (Å²) in [5.41, 5.74) is 2.92. The van der Waals surface area contributed by atoms with Crippen LogP contribution in [0.15, 0.2) is 42.5 Å². The molecule has 5 nitrogen and oxygen atoms in total. The largest absolute Gasteiger partial charge is 0.479 e. The fraction of sp³-hybridized carbons (Fsp3) is 0.176. The maximum absolute atomic E-state index is 12.3. The first kappa shape index (κ1) is 14.1. The maximum atomic E-state index is 12.3. The van der Waals surface area contributed by atoms with E-state index >= 15 is 0 Å². The molecule has 2 N–H and O–H groups in total. The highest BCUT2D eigenvalue weighted by Gasteiger charge is 2.24. The fourth-order valence-electron chi connectivity index (χ4n) is 2.18. The molecule has 1 aliphatic heterocycles. The second kappa shape index (κ2) is 5.52. The molecule has 0 spiro atoms. The Morgan fingerprint density at radius 1 is 1.18 bits per heavy atom. The molecule has 0 aliphatic carbocycles. The minimum absolute atomic E-state index is 0.190. The Morgan fingerprint density at radius 3 is 2.64 bits per heavy atom. The summed E-state index contributed by atoms with van der Waals surface area (Å²) in [6, 6.07) is 12.5. The molecule has 0 bridgehead atoms. The third-order valence-electron chi connectivity index (χ3n) is 3.48. The van der Waals surface area contributed by atoms with Crippen LogP contribution in [0.25, 0.3) is 0 Å². The van der Waals surface area contributed by atoms with E-state index in [0.29, 0.717) is 17.0 Å². The van der Waals surface area contributed by atoms with Gasteiger partial charge in [-0.25, -0.2) is 0 Å². The third kappa shape index (κ3) is 2.79. The number of benzene rings is 2. The summed E-state index contributed by atoms with van der Waals surface area (Å²) >= 11 is 0. The van der Waals surface area contributed by atoms with Crippen LogP contribution in [-0.4, -0.2) is 17.9 Å². The number of nitrogens with one attached hydrogen (secondary N) is 2. The zero-order chi connectivity index (χ0) is 15.7. The van der Waals surface area contributed by atoms with E-state index in [9.17, 15) is 9.59 Å². The van der Waals surface area contributed by atoms with E-state index in [-0.39, 0.29) is 11.8 Å². The molecule has 2 aromatic rings. The van der Waals surface area contributed by atoms with Crippen molar-refractivity contribution >= 4 is 23.2 Å². The van der Waals surface area contributed by atoms with E-state index in [1.54, 1.807) is 25.1 Å². The van der Waals surface area contributed by atoms with Gasteiger partial charge in [0.05, 0.1) is 5.69 Å². The van der Waals surface area contributed by atoms with Gasteiger partial charge in [-0.1, -0.05) is 17.7 Å². The van der Waals surface area contributed by atoms with Gasteiger partial charge in [0.15, 0.2) is 6.10 Å². The third-order valence-corrected chi connectivity index (χ3v) is 3.48. The molecule has 0 saturated carbocycles. The van der Waals surface area contributed by atoms with Crippen molar-refractivity contribution in [1.82, 2.24) is 0 Å². The van der Waals surface area contributed by atoms with Crippen molar-refractivity contribution in [3.8, 4) is 5.75 Å². The molecule has 1 heterocycles. The van der Waals surface area contributed by atoms with Crippen LogP contribution in [0.5, 0.6) is 5.75 Å². The Bertz CT molecular complexity index is 738. The van der Waals surface area contributed by atoms with Crippen LogP contribution in [-0.2, 0) is 4.79 Å². The van der Waals surface area contributed by atoms with Crippen molar-refractivity contribution in [3.63, 3.8) is 0 Å². The summed E-state index contributed by atoms with van der Waals surface area (Å²) in [6.45, 7) is 3.65. The number of fused-ring (bicyclic) bond motifs is 1. The lowest BCUT2D eigenvalue weighted by Gasteiger charge is -2.23. The highest BCUT2D eigenvalue weighted by Crippen LogP contribution is 2.30. The van der Waals surface area contributed by atoms with E-state index in [0.717, 1.165) is 11.3 Å². The van der Waals surface area contributed by atoms with Gasteiger partial charge in [-0.05, 0) is 44.2 Å². The Kier molecular flexibility index (Phi) is 3.55. The number of aryl methyl sites for hydroxylation is 1. The van der Waals surface area contributed by atoms with Gasteiger partial charge < -0.3 is 15.4 Å². The normalized spacial score (nSPS) is 16.3. The summed E-state index contributed by atoms with van der Waals surface area (Å²) in [7, 11) is 0. The Morgan fingerprint density at radius 2 is 1.91 bits per heavy atom. The average molecular weight is 296 g/mol. The molecule has 5 heteroatoms. The van der Waals surface area contributed by atoms with E-state index in [2.05, 4.69) is 10.6 Å². The lowest BCUT2D eigenvalue weighted by molar-refractivity contribution is -0.122. The Balaban J connectivity index is 1.80. The summed E-state index contributed by atoms with van der Waals surface area (Å²) in [4.78, 5) is 23.8. The fourth-order valence-corrected chi connectivity index (χ4v) is 2.18. The molecule has 1 unspecified atom stereocenters. The smallest absolute Gasteiger partial charge is 0.265 e. The van der Waals surface area contributed by atoms with Gasteiger partial charge in [-0.2, -0.15) is 0 Å². The Labute approximate surface area is 128 Å². The molecular weight excluding hydrogens is 280 g/mol. The van der Waals surface area contributed by atoms with Crippen LogP contribution in [0.3, 0.4) is 0 Å². The zero-order valence-electron chi connectivity index (χ0n) is 12.3. The number of hydrogen-bond acceptors (Lipinski definition) is 3. The molecule has 2 aromatic carbocycles. The average Bonchev–Trinajstić information content (AvgIpc) is 2.50. The quantitative estimate of drug-likeness (QED) is 0.895. The van der Waals surface area contributed by atoms with Crippen LogP contribution in [0.2, 0.25) is 0 Å². The summed E-state index contributed by atoms with van der Waals surface area (Å²) in [6.07, 6.45) is -0.567. The van der Waals surface area contributed by atoms with Gasteiger partial charge in [0.2, 0.25) is 0 Å². The first-order valence-corrected chi connectivity index (χ1v) is 7.02. The van der Waals surface area contributed by atoms with Crippen molar-refractivity contribution in [2.75, 3.05) is 10.6 Å². The van der Waals surface area contributed by atoms with Crippen molar-refractivity contribution in [3.05, 3.63) is 53.6 Å². The van der Waals surface area contributed by atoms with Gasteiger partial charge in [-0.3, -0.25) is 9.59 Å². The lowest BCUT2D eigenvalue weighted by atomic mass is 10.1. The van der Waals surface area contributed by atoms with Gasteiger partial charge in [-0.15, -0.1) is 0 Å². The van der Waals surface area contributed by atoms with Crippen LogP contribution in [0, 0.1) is 6.92 Å². The number of amides is 2. The molecule has 0 aromatic heterocycles. The maximum Gasteiger partial charge on any atom is 0.265 e. The molecule has 0 saturated heterocycles. The molecular formula is C17H16N2O3. The van der Waals surface area contributed by atoms with E-state index in [1.807, 2.05) is 31.2 Å². The monoisotopic (exact) mass is 296 g/mol. The first-order chi connectivity index (χ1) is 10.5. The standard InChI is InChI=1S/C17H16N2O3/c1-10-3-6-13(7-4-10)18-17(21)12-5-8-14-15(9-12)22-11(2)16(20)19-14/h3-9,11H,1-2H3,(H,18,21)(H,19,20). The SMILES string of the molecule is Cc1ccc(NC(=O)c2ccc3c(c2)OC(C)C(=O)N3)cc1. The van der Waals surface area contributed by atoms with Crippen LogP contribution in [0.4, 0.5) is 11.4 Å².